The molecule has 4 heteroatoms. The number of hydrogen-bond acceptors (Lipinski definition) is 2. The summed E-state index contributed by atoms with van der Waals surface area (Å²) in [5, 5.41) is 2.76. The van der Waals surface area contributed by atoms with Crippen LogP contribution in [-0.2, 0) is 4.43 Å². The first-order valence-electron chi connectivity index (χ1n) is 8.11. The van der Waals surface area contributed by atoms with Gasteiger partial charge in [0.05, 0.1) is 0 Å². The second kappa shape index (κ2) is 8.42. The second-order valence-corrected chi connectivity index (χ2v) is 11.8. The Bertz CT molecular complexity index is 544. The Morgan fingerprint density at radius 3 is 1.78 bits per heavy atom. The van der Waals surface area contributed by atoms with Crippen LogP contribution in [0.15, 0.2) is 60.7 Å². The highest BCUT2D eigenvalue weighted by Crippen LogP contribution is 2.36. The SMILES string of the molecule is CC(C)(C)[Si](OCCCNI)(c1ccccc1)c1ccccc1. The van der Waals surface area contributed by atoms with Crippen LogP contribution in [0.2, 0.25) is 5.04 Å². The Morgan fingerprint density at radius 1 is 0.913 bits per heavy atom. The molecule has 0 aliphatic rings. The average Bonchev–Trinajstić information content (AvgIpc) is 2.55. The molecule has 0 saturated carbocycles. The fourth-order valence-corrected chi connectivity index (χ4v) is 8.11. The van der Waals surface area contributed by atoms with E-state index in [1.54, 1.807) is 0 Å². The van der Waals surface area contributed by atoms with Crippen molar-refractivity contribution in [2.24, 2.45) is 0 Å². The fourth-order valence-electron chi connectivity index (χ4n) is 3.13. The molecule has 124 valence electrons. The van der Waals surface area contributed by atoms with Crippen LogP contribution in [0.25, 0.3) is 0 Å². The molecule has 2 aromatic carbocycles. The van der Waals surface area contributed by atoms with E-state index in [9.17, 15) is 0 Å². The van der Waals surface area contributed by atoms with E-state index in [0.717, 1.165) is 19.6 Å². The van der Waals surface area contributed by atoms with Gasteiger partial charge in [-0.25, -0.2) is 0 Å². The van der Waals surface area contributed by atoms with Crippen molar-refractivity contribution in [3.63, 3.8) is 0 Å². The molecule has 2 aromatic rings. The zero-order valence-electron chi connectivity index (χ0n) is 14.2. The predicted molar refractivity (Wildman–Crippen MR) is 110 cm³/mol. The van der Waals surface area contributed by atoms with Crippen LogP contribution in [0.1, 0.15) is 27.2 Å². The summed E-state index contributed by atoms with van der Waals surface area (Å²) in [6.45, 7) is 8.70. The Hall–Kier alpha value is -0.693. The Balaban J connectivity index is 2.51. The maximum absolute atomic E-state index is 6.76. The van der Waals surface area contributed by atoms with Crippen molar-refractivity contribution < 1.29 is 4.43 Å². The number of rotatable bonds is 7. The second-order valence-electron chi connectivity index (χ2n) is 6.75. The van der Waals surface area contributed by atoms with Gasteiger partial charge in [0.2, 0.25) is 0 Å². The molecule has 0 saturated heterocycles. The predicted octanol–water partition coefficient (Wildman–Crippen LogP) is 3.89. The fraction of sp³-hybridized carbons (Fsp3) is 0.368. The van der Waals surface area contributed by atoms with Gasteiger partial charge in [0.25, 0.3) is 8.32 Å². The summed E-state index contributed by atoms with van der Waals surface area (Å²) < 4.78 is 9.94. The van der Waals surface area contributed by atoms with E-state index in [-0.39, 0.29) is 5.04 Å². The molecule has 0 aliphatic heterocycles. The van der Waals surface area contributed by atoms with E-state index in [1.165, 1.54) is 10.4 Å². The Labute approximate surface area is 155 Å². The molecule has 0 unspecified atom stereocenters. The van der Waals surface area contributed by atoms with E-state index >= 15 is 0 Å². The molecule has 1 N–H and O–H groups in total. The van der Waals surface area contributed by atoms with E-state index in [1.807, 2.05) is 0 Å². The van der Waals surface area contributed by atoms with Crippen LogP contribution < -0.4 is 13.9 Å². The summed E-state index contributed by atoms with van der Waals surface area (Å²) in [5.74, 6) is 0. The van der Waals surface area contributed by atoms with E-state index < -0.39 is 8.32 Å². The zero-order chi connectivity index (χ0) is 16.8. The van der Waals surface area contributed by atoms with Crippen LogP contribution in [0.3, 0.4) is 0 Å². The van der Waals surface area contributed by atoms with Crippen molar-refractivity contribution in [2.75, 3.05) is 13.2 Å². The topological polar surface area (TPSA) is 21.3 Å². The van der Waals surface area contributed by atoms with E-state index in [4.69, 9.17) is 4.43 Å². The highest BCUT2D eigenvalue weighted by atomic mass is 127. The third kappa shape index (κ3) is 4.23. The molecular weight excluding hydrogens is 413 g/mol. The number of nitrogens with one attached hydrogen (secondary N) is 1. The van der Waals surface area contributed by atoms with Crippen molar-refractivity contribution in [3.05, 3.63) is 60.7 Å². The molecule has 0 aliphatic carbocycles. The molecule has 0 atom stereocenters. The molecule has 0 spiro atoms. The highest BCUT2D eigenvalue weighted by Gasteiger charge is 2.49. The summed E-state index contributed by atoms with van der Waals surface area (Å²) in [7, 11) is -2.33. The lowest BCUT2D eigenvalue weighted by Gasteiger charge is -2.43. The lowest BCUT2D eigenvalue weighted by Crippen LogP contribution is -2.66. The third-order valence-electron chi connectivity index (χ3n) is 4.15. The smallest absolute Gasteiger partial charge is 0.261 e. The number of halogens is 1. The van der Waals surface area contributed by atoms with Crippen LogP contribution >= 0.6 is 22.9 Å². The zero-order valence-corrected chi connectivity index (χ0v) is 17.3. The largest absolute Gasteiger partial charge is 0.407 e. The van der Waals surface area contributed by atoms with Gasteiger partial charge < -0.3 is 4.43 Å². The molecule has 2 nitrogen and oxygen atoms in total. The van der Waals surface area contributed by atoms with Crippen molar-refractivity contribution in [1.82, 2.24) is 3.53 Å². The van der Waals surface area contributed by atoms with E-state index in [0.29, 0.717) is 0 Å². The van der Waals surface area contributed by atoms with Gasteiger partial charge in [-0.15, -0.1) is 0 Å². The van der Waals surface area contributed by atoms with Gasteiger partial charge in [-0.05, 0) is 21.8 Å². The summed E-state index contributed by atoms with van der Waals surface area (Å²) in [6.07, 6.45) is 1.02. The molecule has 0 heterocycles. The van der Waals surface area contributed by atoms with Crippen molar-refractivity contribution in [2.45, 2.75) is 32.2 Å². The van der Waals surface area contributed by atoms with Crippen LogP contribution in [-0.4, -0.2) is 21.5 Å². The molecule has 0 radical (unpaired) electrons. The van der Waals surface area contributed by atoms with Gasteiger partial charge in [0.1, 0.15) is 0 Å². The molecule has 2 rings (SSSR count). The molecule has 0 bridgehead atoms. The van der Waals surface area contributed by atoms with E-state index in [2.05, 4.69) is 108 Å². The van der Waals surface area contributed by atoms with Crippen molar-refractivity contribution in [3.8, 4) is 0 Å². The maximum Gasteiger partial charge on any atom is 0.261 e. The van der Waals surface area contributed by atoms with Crippen LogP contribution in [0.4, 0.5) is 0 Å². The Morgan fingerprint density at radius 2 is 1.39 bits per heavy atom. The quantitative estimate of drug-likeness (QED) is 0.306. The standard InChI is InChI=1S/C19H26INOSi/c1-19(2,3)23(22-16-10-15-21-20,17-11-6-4-7-12-17)18-13-8-5-9-14-18/h4-9,11-14,21H,10,15-16H2,1-3H3. The van der Waals surface area contributed by atoms with Gasteiger partial charge in [-0.3, -0.25) is 3.53 Å². The minimum atomic E-state index is -2.33. The first kappa shape index (κ1) is 18.6. The third-order valence-corrected chi connectivity index (χ3v) is 9.73. The van der Waals surface area contributed by atoms with Gasteiger partial charge in [0.15, 0.2) is 0 Å². The summed E-state index contributed by atoms with van der Waals surface area (Å²) >= 11 is 2.19. The summed E-state index contributed by atoms with van der Waals surface area (Å²) in [6, 6.07) is 21.6. The highest BCUT2D eigenvalue weighted by molar-refractivity contribution is 14.1. The summed E-state index contributed by atoms with van der Waals surface area (Å²) in [4.78, 5) is 0. The minimum absolute atomic E-state index is 0.0630. The molecule has 0 amide bonds. The lowest BCUT2D eigenvalue weighted by molar-refractivity contribution is 0.293. The van der Waals surface area contributed by atoms with Crippen LogP contribution in [0, 0.1) is 0 Å². The van der Waals surface area contributed by atoms with Crippen molar-refractivity contribution >= 4 is 41.6 Å². The van der Waals surface area contributed by atoms with Crippen molar-refractivity contribution in [1.29, 1.82) is 0 Å². The first-order chi connectivity index (χ1) is 11.0. The van der Waals surface area contributed by atoms with Gasteiger partial charge >= 0.3 is 0 Å². The molecule has 0 fully saturated rings. The van der Waals surface area contributed by atoms with Gasteiger partial charge in [0, 0.05) is 36.0 Å². The lowest BCUT2D eigenvalue weighted by atomic mass is 10.2. The minimum Gasteiger partial charge on any atom is -0.407 e. The van der Waals surface area contributed by atoms with Gasteiger partial charge in [-0.1, -0.05) is 81.4 Å². The van der Waals surface area contributed by atoms with Gasteiger partial charge in [-0.2, -0.15) is 0 Å². The number of hydrogen-bond donors (Lipinski definition) is 1. The first-order valence-corrected chi connectivity index (χ1v) is 11.1. The summed E-state index contributed by atoms with van der Waals surface area (Å²) in [5.41, 5.74) is 0. The Kier molecular flexibility index (Phi) is 6.82. The molecule has 0 aromatic heterocycles. The maximum atomic E-state index is 6.76. The normalized spacial score (nSPS) is 12.3. The molecular formula is C19H26INOSi. The number of benzene rings is 2. The monoisotopic (exact) mass is 439 g/mol. The molecule has 23 heavy (non-hydrogen) atoms. The van der Waals surface area contributed by atoms with Crippen LogP contribution in [0.5, 0.6) is 0 Å². The average molecular weight is 439 g/mol.